The molecule has 0 spiro atoms. The molecular formula is C29H27ClN2O. The zero-order valence-corrected chi connectivity index (χ0v) is 19.2. The standard InChI is InChI=1S/C29H27ClN2O/c30-25-13-15-26(16-14-25)32(29(33)28-12-6-10-22-9-4-5-11-27(22)28)20-24-19-31-18-23(24)17-21-7-2-1-3-8-21/h1-16,23-24,31H,17-20H2/t23-,24+/m0/s1. The number of fused-ring (bicyclic) bond motifs is 1. The van der Waals surface area contributed by atoms with E-state index in [-0.39, 0.29) is 5.91 Å². The van der Waals surface area contributed by atoms with E-state index in [4.69, 9.17) is 11.6 Å². The number of amides is 1. The maximum atomic E-state index is 14.0. The Labute approximate surface area is 200 Å². The van der Waals surface area contributed by atoms with Crippen molar-refractivity contribution in [2.45, 2.75) is 6.42 Å². The van der Waals surface area contributed by atoms with Gasteiger partial charge in [-0.25, -0.2) is 0 Å². The maximum absolute atomic E-state index is 14.0. The molecule has 1 aliphatic rings. The number of benzene rings is 4. The molecule has 0 bridgehead atoms. The molecule has 1 N–H and O–H groups in total. The molecule has 4 aromatic carbocycles. The Morgan fingerprint density at radius 3 is 2.33 bits per heavy atom. The number of carbonyl (C=O) groups is 1. The highest BCUT2D eigenvalue weighted by atomic mass is 35.5. The van der Waals surface area contributed by atoms with Gasteiger partial charge in [-0.3, -0.25) is 4.79 Å². The highest BCUT2D eigenvalue weighted by Gasteiger charge is 2.31. The Kier molecular flexibility index (Phi) is 6.43. The van der Waals surface area contributed by atoms with Gasteiger partial charge in [0, 0.05) is 22.8 Å². The van der Waals surface area contributed by atoms with Crippen LogP contribution in [-0.2, 0) is 6.42 Å². The molecule has 1 fully saturated rings. The van der Waals surface area contributed by atoms with Crippen molar-refractivity contribution in [2.75, 3.05) is 24.5 Å². The topological polar surface area (TPSA) is 32.3 Å². The molecule has 0 unspecified atom stereocenters. The normalized spacial score (nSPS) is 17.8. The van der Waals surface area contributed by atoms with Crippen LogP contribution in [0.5, 0.6) is 0 Å². The molecular weight excluding hydrogens is 428 g/mol. The van der Waals surface area contributed by atoms with Crippen LogP contribution in [0.3, 0.4) is 0 Å². The highest BCUT2D eigenvalue weighted by Crippen LogP contribution is 2.29. The summed E-state index contributed by atoms with van der Waals surface area (Å²) in [5, 5.41) is 6.28. The molecule has 166 valence electrons. The molecule has 33 heavy (non-hydrogen) atoms. The van der Waals surface area contributed by atoms with Gasteiger partial charge in [0.25, 0.3) is 5.91 Å². The lowest BCUT2D eigenvalue weighted by Crippen LogP contribution is -2.38. The van der Waals surface area contributed by atoms with E-state index in [1.165, 1.54) is 5.56 Å². The Balaban J connectivity index is 1.47. The van der Waals surface area contributed by atoms with Gasteiger partial charge >= 0.3 is 0 Å². The maximum Gasteiger partial charge on any atom is 0.258 e. The Morgan fingerprint density at radius 2 is 1.52 bits per heavy atom. The Morgan fingerprint density at radius 1 is 0.818 bits per heavy atom. The summed E-state index contributed by atoms with van der Waals surface area (Å²) in [5.74, 6) is 0.863. The summed E-state index contributed by atoms with van der Waals surface area (Å²) in [6.07, 6.45) is 1.01. The van der Waals surface area contributed by atoms with Gasteiger partial charge in [0.15, 0.2) is 0 Å². The molecule has 1 amide bonds. The number of hydrogen-bond donors (Lipinski definition) is 1. The molecule has 0 radical (unpaired) electrons. The van der Waals surface area contributed by atoms with Gasteiger partial charge in [0.2, 0.25) is 0 Å². The molecule has 1 saturated heterocycles. The minimum atomic E-state index is 0.0273. The van der Waals surface area contributed by atoms with Gasteiger partial charge in [-0.2, -0.15) is 0 Å². The number of hydrogen-bond acceptors (Lipinski definition) is 2. The Bertz CT molecular complexity index is 1230. The van der Waals surface area contributed by atoms with Crippen molar-refractivity contribution in [3.8, 4) is 0 Å². The van der Waals surface area contributed by atoms with Crippen LogP contribution in [0, 0.1) is 11.8 Å². The van der Waals surface area contributed by atoms with E-state index in [2.05, 4.69) is 47.8 Å². The summed E-state index contributed by atoms with van der Waals surface area (Å²) in [6.45, 7) is 2.54. The number of carbonyl (C=O) groups excluding carboxylic acids is 1. The molecule has 0 aromatic heterocycles. The van der Waals surface area contributed by atoms with Crippen molar-refractivity contribution in [1.82, 2.24) is 5.32 Å². The minimum absolute atomic E-state index is 0.0273. The second-order valence-corrected chi connectivity index (χ2v) is 9.22. The first-order valence-corrected chi connectivity index (χ1v) is 11.9. The van der Waals surface area contributed by atoms with Crippen LogP contribution in [0.2, 0.25) is 5.02 Å². The molecule has 2 atom stereocenters. The third-order valence-corrected chi connectivity index (χ3v) is 6.89. The first kappa shape index (κ1) is 21.7. The van der Waals surface area contributed by atoms with Crippen molar-refractivity contribution in [3.63, 3.8) is 0 Å². The smallest absolute Gasteiger partial charge is 0.258 e. The second-order valence-electron chi connectivity index (χ2n) is 8.79. The van der Waals surface area contributed by atoms with Crippen molar-refractivity contribution in [2.24, 2.45) is 11.8 Å². The fourth-order valence-electron chi connectivity index (χ4n) is 4.88. The quantitative estimate of drug-likeness (QED) is 0.375. The van der Waals surface area contributed by atoms with Crippen molar-refractivity contribution in [1.29, 1.82) is 0 Å². The molecule has 1 aliphatic heterocycles. The lowest BCUT2D eigenvalue weighted by atomic mass is 9.89. The van der Waals surface area contributed by atoms with Gasteiger partial charge in [-0.1, -0.05) is 78.3 Å². The lowest BCUT2D eigenvalue weighted by Gasteiger charge is -2.29. The zero-order chi connectivity index (χ0) is 22.6. The number of rotatable bonds is 6. The first-order valence-electron chi connectivity index (χ1n) is 11.5. The van der Waals surface area contributed by atoms with Crippen LogP contribution in [0.15, 0.2) is 97.1 Å². The molecule has 4 heteroatoms. The van der Waals surface area contributed by atoms with Crippen LogP contribution in [0.4, 0.5) is 5.69 Å². The van der Waals surface area contributed by atoms with Crippen molar-refractivity contribution >= 4 is 34.0 Å². The van der Waals surface area contributed by atoms with Crippen LogP contribution in [0.1, 0.15) is 15.9 Å². The SMILES string of the molecule is O=C(c1cccc2ccccc12)N(C[C@H]1CNC[C@@H]1Cc1ccccc1)c1ccc(Cl)cc1. The molecule has 4 aromatic rings. The number of nitrogens with one attached hydrogen (secondary N) is 1. The average molecular weight is 455 g/mol. The third kappa shape index (κ3) is 4.80. The average Bonchev–Trinajstić information content (AvgIpc) is 3.29. The van der Waals surface area contributed by atoms with E-state index in [0.717, 1.165) is 41.5 Å². The predicted octanol–water partition coefficient (Wildman–Crippen LogP) is 6.22. The largest absolute Gasteiger partial charge is 0.316 e. The lowest BCUT2D eigenvalue weighted by molar-refractivity contribution is 0.0983. The van der Waals surface area contributed by atoms with Crippen LogP contribution in [-0.4, -0.2) is 25.5 Å². The monoisotopic (exact) mass is 454 g/mol. The molecule has 3 nitrogen and oxygen atoms in total. The van der Waals surface area contributed by atoms with Gasteiger partial charge in [-0.05, 0) is 78.0 Å². The van der Waals surface area contributed by atoms with Gasteiger partial charge < -0.3 is 10.2 Å². The van der Waals surface area contributed by atoms with E-state index in [1.54, 1.807) is 0 Å². The fraction of sp³-hybridized carbons (Fsp3) is 0.207. The summed E-state index contributed by atoms with van der Waals surface area (Å²) in [5.41, 5.74) is 2.95. The first-order chi connectivity index (χ1) is 16.2. The zero-order valence-electron chi connectivity index (χ0n) is 18.5. The van der Waals surface area contributed by atoms with Crippen molar-refractivity contribution in [3.05, 3.63) is 113 Å². The van der Waals surface area contributed by atoms with E-state index in [0.29, 0.717) is 23.4 Å². The van der Waals surface area contributed by atoms with E-state index in [1.807, 2.05) is 59.5 Å². The van der Waals surface area contributed by atoms with Crippen LogP contribution in [0.25, 0.3) is 10.8 Å². The Hall–Kier alpha value is -3.14. The second kappa shape index (κ2) is 9.78. The van der Waals surface area contributed by atoms with Gasteiger partial charge in [0.05, 0.1) is 0 Å². The summed E-state index contributed by atoms with van der Waals surface area (Å²) < 4.78 is 0. The minimum Gasteiger partial charge on any atom is -0.316 e. The van der Waals surface area contributed by atoms with Crippen molar-refractivity contribution < 1.29 is 4.79 Å². The van der Waals surface area contributed by atoms with Gasteiger partial charge in [-0.15, -0.1) is 0 Å². The van der Waals surface area contributed by atoms with Crippen LogP contribution < -0.4 is 10.2 Å². The van der Waals surface area contributed by atoms with Gasteiger partial charge in [0.1, 0.15) is 0 Å². The molecule has 5 rings (SSSR count). The summed E-state index contributed by atoms with van der Waals surface area (Å²) in [6, 6.07) is 32.2. The molecule has 0 aliphatic carbocycles. The summed E-state index contributed by atoms with van der Waals surface area (Å²) >= 11 is 6.16. The summed E-state index contributed by atoms with van der Waals surface area (Å²) in [7, 11) is 0. The molecule has 1 heterocycles. The van der Waals surface area contributed by atoms with Crippen LogP contribution >= 0.6 is 11.6 Å². The van der Waals surface area contributed by atoms with E-state index < -0.39 is 0 Å². The summed E-state index contributed by atoms with van der Waals surface area (Å²) in [4.78, 5) is 15.9. The third-order valence-electron chi connectivity index (χ3n) is 6.64. The predicted molar refractivity (Wildman–Crippen MR) is 137 cm³/mol. The highest BCUT2D eigenvalue weighted by molar-refractivity contribution is 6.30. The van der Waals surface area contributed by atoms with E-state index in [9.17, 15) is 4.79 Å². The van der Waals surface area contributed by atoms with E-state index >= 15 is 0 Å². The fourth-order valence-corrected chi connectivity index (χ4v) is 5.00. The number of anilines is 1. The number of nitrogens with zero attached hydrogens (tertiary/aromatic N) is 1. The molecule has 0 saturated carbocycles. The number of halogens is 1.